The summed E-state index contributed by atoms with van der Waals surface area (Å²) in [5.41, 5.74) is 0. The first-order chi connectivity index (χ1) is 15.1. The number of ketones is 1. The zero-order chi connectivity index (χ0) is 21.5. The summed E-state index contributed by atoms with van der Waals surface area (Å²) in [6, 6.07) is 0. The zero-order valence-corrected chi connectivity index (χ0v) is 20.1. The number of hydrogen-bond acceptors (Lipinski definition) is 10. The van der Waals surface area contributed by atoms with Crippen LogP contribution < -0.4 is 0 Å². The van der Waals surface area contributed by atoms with Gasteiger partial charge in [-0.25, -0.2) is 0 Å². The summed E-state index contributed by atoms with van der Waals surface area (Å²) in [4.78, 5) is 13.6. The van der Waals surface area contributed by atoms with Crippen LogP contribution >= 0.6 is 35.3 Å². The molecule has 0 amide bonds. The van der Waals surface area contributed by atoms with Crippen LogP contribution in [0.4, 0.5) is 0 Å². The standard InChI is InChI=1S/C21H32O7S3/c22-17-13(18(23)15-11-29-7-1-20(15)25-3-4-26-20)9-31-10-14(17)19(24)16-12-30-8-2-21(16)27-5-6-28-21/h13-16,18-19,23-24H,1-12H2/t13-,14-,15-,16+,18+,19-/m0/s1. The summed E-state index contributed by atoms with van der Waals surface area (Å²) in [7, 11) is 0. The van der Waals surface area contributed by atoms with Gasteiger partial charge in [-0.1, -0.05) is 0 Å². The van der Waals surface area contributed by atoms with E-state index in [9.17, 15) is 15.0 Å². The number of rotatable bonds is 4. The van der Waals surface area contributed by atoms with Crippen molar-refractivity contribution in [3.63, 3.8) is 0 Å². The van der Waals surface area contributed by atoms with E-state index in [0.29, 0.717) is 49.4 Å². The van der Waals surface area contributed by atoms with E-state index >= 15 is 0 Å². The second-order valence-electron chi connectivity index (χ2n) is 9.01. The van der Waals surface area contributed by atoms with Crippen LogP contribution in [0.1, 0.15) is 12.8 Å². The molecule has 7 nitrogen and oxygen atoms in total. The Morgan fingerprint density at radius 3 is 1.55 bits per heavy atom. The molecule has 0 aromatic carbocycles. The van der Waals surface area contributed by atoms with Crippen molar-refractivity contribution in [2.24, 2.45) is 23.7 Å². The molecule has 0 aromatic rings. The van der Waals surface area contributed by atoms with Gasteiger partial charge >= 0.3 is 0 Å². The van der Waals surface area contributed by atoms with Crippen molar-refractivity contribution in [2.45, 2.75) is 36.6 Å². The Morgan fingerprint density at radius 1 is 0.710 bits per heavy atom. The first kappa shape index (κ1) is 23.2. The molecule has 5 saturated heterocycles. The van der Waals surface area contributed by atoms with Gasteiger partial charge in [-0.3, -0.25) is 4.79 Å². The lowest BCUT2D eigenvalue weighted by Crippen LogP contribution is -2.57. The van der Waals surface area contributed by atoms with Crippen LogP contribution in [0.3, 0.4) is 0 Å². The van der Waals surface area contributed by atoms with E-state index in [1.807, 2.05) is 0 Å². The Hall–Kier alpha value is 0.480. The first-order valence-electron chi connectivity index (χ1n) is 11.3. The number of aliphatic hydroxyl groups excluding tert-OH is 2. The number of carbonyl (C=O) groups excluding carboxylic acids is 1. The molecule has 5 fully saturated rings. The number of carbonyl (C=O) groups is 1. The van der Waals surface area contributed by atoms with Gasteiger partial charge in [0, 0.05) is 47.7 Å². The second kappa shape index (κ2) is 9.62. The highest BCUT2D eigenvalue weighted by Crippen LogP contribution is 2.46. The zero-order valence-electron chi connectivity index (χ0n) is 17.6. The van der Waals surface area contributed by atoms with Crippen molar-refractivity contribution in [3.05, 3.63) is 0 Å². The molecule has 0 aliphatic carbocycles. The van der Waals surface area contributed by atoms with Crippen LogP contribution in [0, 0.1) is 23.7 Å². The van der Waals surface area contributed by atoms with Crippen LogP contribution in [0.15, 0.2) is 0 Å². The van der Waals surface area contributed by atoms with E-state index in [1.165, 1.54) is 0 Å². The molecule has 2 spiro atoms. The Balaban J connectivity index is 1.32. The summed E-state index contributed by atoms with van der Waals surface area (Å²) in [5.74, 6) is 1.33. The lowest BCUT2D eigenvalue weighted by molar-refractivity contribution is -0.221. The molecule has 5 aliphatic rings. The Bertz CT molecular complexity index is 601. The maximum Gasteiger partial charge on any atom is 0.175 e. The summed E-state index contributed by atoms with van der Waals surface area (Å²) < 4.78 is 23.9. The third kappa shape index (κ3) is 4.23. The predicted molar refractivity (Wildman–Crippen MR) is 121 cm³/mol. The van der Waals surface area contributed by atoms with Gasteiger partial charge in [-0.15, -0.1) is 0 Å². The molecule has 0 radical (unpaired) electrons. The predicted octanol–water partition coefficient (Wildman–Crippen LogP) is 1.25. The molecule has 6 atom stereocenters. The van der Waals surface area contributed by atoms with Gasteiger partial charge < -0.3 is 29.2 Å². The van der Waals surface area contributed by atoms with E-state index in [-0.39, 0.29) is 17.6 Å². The van der Waals surface area contributed by atoms with Crippen molar-refractivity contribution >= 4 is 41.1 Å². The summed E-state index contributed by atoms with van der Waals surface area (Å²) in [6.07, 6.45) is -0.212. The number of thioether (sulfide) groups is 3. The Morgan fingerprint density at radius 2 is 1.13 bits per heavy atom. The minimum atomic E-state index is -0.838. The molecule has 31 heavy (non-hydrogen) atoms. The average Bonchev–Trinajstić information content (AvgIpc) is 3.44. The molecule has 0 saturated carbocycles. The van der Waals surface area contributed by atoms with E-state index < -0.39 is 35.6 Å². The highest BCUT2D eigenvalue weighted by molar-refractivity contribution is 7.99. The molecule has 5 heterocycles. The third-order valence-electron chi connectivity index (χ3n) is 7.44. The van der Waals surface area contributed by atoms with Gasteiger partial charge in [0.05, 0.1) is 50.5 Å². The molecule has 0 aromatic heterocycles. The smallest absolute Gasteiger partial charge is 0.175 e. The Labute approximate surface area is 196 Å². The second-order valence-corrected chi connectivity index (χ2v) is 12.4. The molecular formula is C21H32O7S3. The van der Waals surface area contributed by atoms with Gasteiger partial charge in [0.25, 0.3) is 0 Å². The van der Waals surface area contributed by atoms with Crippen LogP contribution in [-0.2, 0) is 23.7 Å². The SMILES string of the molecule is O=C1[C@@H]([C@H](O)[C@H]2CSCCC23OCCO3)CSC[C@@H]1[C@@H](O)[C@@H]1CSCCC12OCCO2. The average molecular weight is 493 g/mol. The normalized spacial score (nSPS) is 39.7. The highest BCUT2D eigenvalue weighted by Gasteiger charge is 2.56. The summed E-state index contributed by atoms with van der Waals surface area (Å²) in [6.45, 7) is 2.13. The van der Waals surface area contributed by atoms with Crippen molar-refractivity contribution < 1.29 is 34.0 Å². The minimum absolute atomic E-state index is 0.0359. The van der Waals surface area contributed by atoms with E-state index in [4.69, 9.17) is 18.9 Å². The topological polar surface area (TPSA) is 94.5 Å². The monoisotopic (exact) mass is 492 g/mol. The molecule has 5 rings (SSSR count). The maximum atomic E-state index is 13.6. The fraction of sp³-hybridized carbons (Fsp3) is 0.952. The number of aliphatic hydroxyl groups is 2. The molecule has 5 aliphatic heterocycles. The third-order valence-corrected chi connectivity index (χ3v) is 10.8. The van der Waals surface area contributed by atoms with Crippen LogP contribution in [0.5, 0.6) is 0 Å². The lowest BCUT2D eigenvalue weighted by atomic mass is 9.76. The minimum Gasteiger partial charge on any atom is -0.392 e. The van der Waals surface area contributed by atoms with E-state index in [1.54, 1.807) is 35.3 Å². The molecule has 0 bridgehead atoms. The van der Waals surface area contributed by atoms with Crippen molar-refractivity contribution in [3.8, 4) is 0 Å². The number of Topliss-reactive ketones (excluding diaryl/α,β-unsaturated/α-hetero) is 1. The van der Waals surface area contributed by atoms with Crippen LogP contribution in [-0.4, -0.2) is 101 Å². The summed E-state index contributed by atoms with van der Waals surface area (Å²) >= 11 is 5.20. The maximum absolute atomic E-state index is 13.6. The number of ether oxygens (including phenoxy) is 4. The molecule has 0 unspecified atom stereocenters. The van der Waals surface area contributed by atoms with Gasteiger partial charge in [-0.05, 0) is 11.5 Å². The van der Waals surface area contributed by atoms with Crippen LogP contribution in [0.2, 0.25) is 0 Å². The van der Waals surface area contributed by atoms with Crippen molar-refractivity contribution in [1.82, 2.24) is 0 Å². The lowest BCUT2D eigenvalue weighted by Gasteiger charge is -2.46. The first-order valence-corrected chi connectivity index (χ1v) is 14.7. The van der Waals surface area contributed by atoms with Gasteiger partial charge in [0.1, 0.15) is 5.78 Å². The molecule has 176 valence electrons. The largest absolute Gasteiger partial charge is 0.392 e. The van der Waals surface area contributed by atoms with Crippen molar-refractivity contribution in [1.29, 1.82) is 0 Å². The van der Waals surface area contributed by atoms with Crippen LogP contribution in [0.25, 0.3) is 0 Å². The Kier molecular flexibility index (Phi) is 7.21. The fourth-order valence-electron chi connectivity index (χ4n) is 5.71. The van der Waals surface area contributed by atoms with E-state index in [2.05, 4.69) is 0 Å². The van der Waals surface area contributed by atoms with Gasteiger partial charge in [-0.2, -0.15) is 35.3 Å². The molecule has 2 N–H and O–H groups in total. The van der Waals surface area contributed by atoms with Gasteiger partial charge in [0.15, 0.2) is 11.6 Å². The molecular weight excluding hydrogens is 460 g/mol. The van der Waals surface area contributed by atoms with E-state index in [0.717, 1.165) is 24.3 Å². The quantitative estimate of drug-likeness (QED) is 0.597. The molecule has 10 heteroatoms. The summed E-state index contributed by atoms with van der Waals surface area (Å²) in [5, 5.41) is 22.7. The van der Waals surface area contributed by atoms with Crippen molar-refractivity contribution in [2.75, 3.05) is 60.9 Å². The van der Waals surface area contributed by atoms with Gasteiger partial charge in [0.2, 0.25) is 0 Å². The number of hydrogen-bond donors (Lipinski definition) is 2. The highest BCUT2D eigenvalue weighted by atomic mass is 32.2. The fourth-order valence-corrected chi connectivity index (χ4v) is 9.67.